The normalized spacial score (nSPS) is 11.6. The van der Waals surface area contributed by atoms with Gasteiger partial charge in [-0.15, -0.1) is 0 Å². The molecule has 0 saturated heterocycles. The molecule has 4 N–H and O–H groups in total. The fraction of sp³-hybridized carbons (Fsp3) is 0.500. The second-order valence-corrected chi connectivity index (χ2v) is 4.02. The van der Waals surface area contributed by atoms with Crippen LogP contribution >= 0.6 is 0 Å². The second kappa shape index (κ2) is 6.80. The van der Waals surface area contributed by atoms with Crippen LogP contribution in [0, 0.1) is 6.92 Å². The van der Waals surface area contributed by atoms with Gasteiger partial charge in [0.1, 0.15) is 5.82 Å². The molecule has 1 aromatic heterocycles. The van der Waals surface area contributed by atoms with Gasteiger partial charge in [-0.2, -0.15) is 0 Å². The Morgan fingerprint density at radius 1 is 1.44 bits per heavy atom. The van der Waals surface area contributed by atoms with E-state index in [4.69, 9.17) is 16.0 Å². The molecule has 0 amide bonds. The first kappa shape index (κ1) is 14.2. The molecule has 1 rings (SSSR count). The molecular formula is C12H20N4O2. The van der Waals surface area contributed by atoms with Gasteiger partial charge in [-0.1, -0.05) is 12.1 Å². The standard InChI is InChI=1S/C12H20N4O2/c1-3-6-16(7-8-17)12-10(11(13)15-18)5-4-9(2)14-12/h4-5,17-18H,3,6-8H2,1-2H3,(H2,13,15). The van der Waals surface area contributed by atoms with E-state index in [-0.39, 0.29) is 12.4 Å². The number of aliphatic hydroxyl groups excluding tert-OH is 1. The highest BCUT2D eigenvalue weighted by Gasteiger charge is 2.15. The van der Waals surface area contributed by atoms with Crippen LogP contribution in [0.3, 0.4) is 0 Å². The fourth-order valence-electron chi connectivity index (χ4n) is 1.75. The average Bonchev–Trinajstić information content (AvgIpc) is 2.37. The molecule has 0 aliphatic rings. The van der Waals surface area contributed by atoms with Crippen LogP contribution in [-0.2, 0) is 0 Å². The molecular weight excluding hydrogens is 232 g/mol. The molecule has 0 unspecified atom stereocenters. The van der Waals surface area contributed by atoms with Crippen LogP contribution in [0.4, 0.5) is 5.82 Å². The number of oxime groups is 1. The number of amidine groups is 1. The van der Waals surface area contributed by atoms with Gasteiger partial charge in [0.05, 0.1) is 12.2 Å². The van der Waals surface area contributed by atoms with E-state index >= 15 is 0 Å². The number of nitrogens with zero attached hydrogens (tertiary/aromatic N) is 3. The Labute approximate surface area is 107 Å². The first-order valence-electron chi connectivity index (χ1n) is 5.95. The van der Waals surface area contributed by atoms with Crippen molar-refractivity contribution in [2.45, 2.75) is 20.3 Å². The molecule has 1 aromatic rings. The van der Waals surface area contributed by atoms with Crippen molar-refractivity contribution in [2.75, 3.05) is 24.6 Å². The summed E-state index contributed by atoms with van der Waals surface area (Å²) in [5.41, 5.74) is 7.07. The molecule has 0 radical (unpaired) electrons. The zero-order valence-corrected chi connectivity index (χ0v) is 10.8. The van der Waals surface area contributed by atoms with Crippen molar-refractivity contribution in [3.05, 3.63) is 23.4 Å². The Bertz CT molecular complexity index is 415. The summed E-state index contributed by atoms with van der Waals surface area (Å²) in [7, 11) is 0. The van der Waals surface area contributed by atoms with Gasteiger partial charge in [0.15, 0.2) is 5.84 Å². The van der Waals surface area contributed by atoms with Crippen molar-refractivity contribution in [1.82, 2.24) is 4.98 Å². The van der Waals surface area contributed by atoms with Crippen LogP contribution in [0.2, 0.25) is 0 Å². The monoisotopic (exact) mass is 252 g/mol. The van der Waals surface area contributed by atoms with E-state index in [9.17, 15) is 0 Å². The lowest BCUT2D eigenvalue weighted by atomic mass is 10.2. The molecule has 0 aliphatic heterocycles. The first-order chi connectivity index (χ1) is 8.63. The lowest BCUT2D eigenvalue weighted by Gasteiger charge is -2.24. The summed E-state index contributed by atoms with van der Waals surface area (Å²) in [4.78, 5) is 6.35. The van der Waals surface area contributed by atoms with Crippen LogP contribution in [0.5, 0.6) is 0 Å². The van der Waals surface area contributed by atoms with E-state index in [1.165, 1.54) is 0 Å². The minimum atomic E-state index is 0.0246. The Morgan fingerprint density at radius 3 is 2.72 bits per heavy atom. The zero-order chi connectivity index (χ0) is 13.5. The van der Waals surface area contributed by atoms with Gasteiger partial charge in [-0.25, -0.2) is 4.98 Å². The highest BCUT2D eigenvalue weighted by Crippen LogP contribution is 2.18. The third kappa shape index (κ3) is 3.33. The maximum Gasteiger partial charge on any atom is 0.173 e. The number of rotatable bonds is 6. The summed E-state index contributed by atoms with van der Waals surface area (Å²) in [6.45, 7) is 5.18. The van der Waals surface area contributed by atoms with Crippen LogP contribution < -0.4 is 10.6 Å². The number of hydrogen-bond donors (Lipinski definition) is 3. The van der Waals surface area contributed by atoms with Crippen molar-refractivity contribution in [3.8, 4) is 0 Å². The molecule has 6 nitrogen and oxygen atoms in total. The molecule has 0 atom stereocenters. The van der Waals surface area contributed by atoms with Crippen LogP contribution in [0.1, 0.15) is 24.6 Å². The molecule has 0 aliphatic carbocycles. The SMILES string of the molecule is CCCN(CCO)c1nc(C)ccc1C(N)=NO. The van der Waals surface area contributed by atoms with E-state index in [0.29, 0.717) is 17.9 Å². The van der Waals surface area contributed by atoms with Gasteiger partial charge in [0.2, 0.25) is 0 Å². The summed E-state index contributed by atoms with van der Waals surface area (Å²) < 4.78 is 0. The summed E-state index contributed by atoms with van der Waals surface area (Å²) in [5.74, 6) is 0.665. The number of aliphatic hydroxyl groups is 1. The lowest BCUT2D eigenvalue weighted by Crippen LogP contribution is -2.31. The van der Waals surface area contributed by atoms with Gasteiger partial charge in [-0.3, -0.25) is 0 Å². The van der Waals surface area contributed by atoms with E-state index in [0.717, 1.165) is 18.7 Å². The topological polar surface area (TPSA) is 95.0 Å². The minimum Gasteiger partial charge on any atom is -0.409 e. The van der Waals surface area contributed by atoms with Crippen molar-refractivity contribution in [3.63, 3.8) is 0 Å². The summed E-state index contributed by atoms with van der Waals surface area (Å²) in [5, 5.41) is 20.9. The molecule has 0 bridgehead atoms. The summed E-state index contributed by atoms with van der Waals surface area (Å²) in [6.07, 6.45) is 0.922. The third-order valence-corrected chi connectivity index (χ3v) is 2.56. The van der Waals surface area contributed by atoms with Gasteiger partial charge in [-0.05, 0) is 25.5 Å². The second-order valence-electron chi connectivity index (χ2n) is 4.02. The summed E-state index contributed by atoms with van der Waals surface area (Å²) in [6, 6.07) is 3.58. The average molecular weight is 252 g/mol. The highest BCUT2D eigenvalue weighted by atomic mass is 16.4. The molecule has 1 heterocycles. The zero-order valence-electron chi connectivity index (χ0n) is 10.8. The quantitative estimate of drug-likeness (QED) is 0.300. The van der Waals surface area contributed by atoms with Crippen LogP contribution in [0.15, 0.2) is 17.3 Å². The molecule has 0 saturated carbocycles. The van der Waals surface area contributed by atoms with E-state index in [1.54, 1.807) is 12.1 Å². The Morgan fingerprint density at radius 2 is 2.17 bits per heavy atom. The van der Waals surface area contributed by atoms with Gasteiger partial charge >= 0.3 is 0 Å². The molecule has 6 heteroatoms. The number of anilines is 1. The molecule has 0 fully saturated rings. The number of aromatic nitrogens is 1. The highest BCUT2D eigenvalue weighted by molar-refractivity contribution is 6.01. The molecule has 0 spiro atoms. The first-order valence-corrected chi connectivity index (χ1v) is 5.95. The van der Waals surface area contributed by atoms with Gasteiger partial charge in [0.25, 0.3) is 0 Å². The molecule has 100 valence electrons. The fourth-order valence-corrected chi connectivity index (χ4v) is 1.75. The molecule has 0 aromatic carbocycles. The number of aryl methyl sites for hydroxylation is 1. The smallest absolute Gasteiger partial charge is 0.173 e. The number of pyridine rings is 1. The predicted octanol–water partition coefficient (Wildman–Crippen LogP) is 0.693. The predicted molar refractivity (Wildman–Crippen MR) is 71.1 cm³/mol. The maximum atomic E-state index is 9.10. The molecule has 18 heavy (non-hydrogen) atoms. The number of nitrogens with two attached hydrogens (primary N) is 1. The number of hydrogen-bond acceptors (Lipinski definition) is 5. The van der Waals surface area contributed by atoms with E-state index in [2.05, 4.69) is 10.1 Å². The van der Waals surface area contributed by atoms with Crippen LogP contribution in [-0.4, -0.2) is 40.8 Å². The van der Waals surface area contributed by atoms with Crippen LogP contribution in [0.25, 0.3) is 0 Å². The van der Waals surface area contributed by atoms with Gasteiger partial charge in [0, 0.05) is 18.8 Å². The van der Waals surface area contributed by atoms with Crippen molar-refractivity contribution >= 4 is 11.7 Å². The van der Waals surface area contributed by atoms with Gasteiger partial charge < -0.3 is 20.9 Å². The van der Waals surface area contributed by atoms with E-state index in [1.807, 2.05) is 18.7 Å². The minimum absolute atomic E-state index is 0.0246. The Balaban J connectivity index is 3.20. The van der Waals surface area contributed by atoms with Crippen molar-refractivity contribution < 1.29 is 10.3 Å². The maximum absolute atomic E-state index is 9.10. The Kier molecular flexibility index (Phi) is 5.38. The summed E-state index contributed by atoms with van der Waals surface area (Å²) >= 11 is 0. The van der Waals surface area contributed by atoms with Crippen molar-refractivity contribution in [1.29, 1.82) is 0 Å². The van der Waals surface area contributed by atoms with E-state index < -0.39 is 0 Å². The Hall–Kier alpha value is -1.82. The van der Waals surface area contributed by atoms with Crippen molar-refractivity contribution in [2.24, 2.45) is 10.9 Å². The lowest BCUT2D eigenvalue weighted by molar-refractivity contribution is 0.301. The largest absolute Gasteiger partial charge is 0.409 e. The third-order valence-electron chi connectivity index (χ3n) is 2.56.